The van der Waals surface area contributed by atoms with Crippen molar-refractivity contribution in [3.05, 3.63) is 65.2 Å². The standard InChI is InChI=1S/C20H24N2O2/c1-14(2)16-7-9-17(10-8-16)20(24)21-18-11-5-15(6-12-18)13-19(23)22(3)4/h5-12,14H,13H2,1-4H3,(H,21,24). The van der Waals surface area contributed by atoms with Crippen LogP contribution < -0.4 is 5.32 Å². The van der Waals surface area contributed by atoms with Gasteiger partial charge >= 0.3 is 0 Å². The molecule has 0 heterocycles. The maximum atomic E-state index is 12.3. The fourth-order valence-electron chi connectivity index (χ4n) is 2.26. The van der Waals surface area contributed by atoms with E-state index >= 15 is 0 Å². The van der Waals surface area contributed by atoms with Crippen LogP contribution in [0.5, 0.6) is 0 Å². The van der Waals surface area contributed by atoms with Crippen molar-refractivity contribution >= 4 is 17.5 Å². The summed E-state index contributed by atoms with van der Waals surface area (Å²) in [6.07, 6.45) is 0.359. The van der Waals surface area contributed by atoms with Crippen molar-refractivity contribution in [1.82, 2.24) is 4.90 Å². The number of nitrogens with one attached hydrogen (secondary N) is 1. The summed E-state index contributed by atoms with van der Waals surface area (Å²) < 4.78 is 0. The molecule has 24 heavy (non-hydrogen) atoms. The van der Waals surface area contributed by atoms with Gasteiger partial charge in [-0.05, 0) is 41.3 Å². The van der Waals surface area contributed by atoms with Crippen molar-refractivity contribution in [3.63, 3.8) is 0 Å². The highest BCUT2D eigenvalue weighted by Crippen LogP contribution is 2.16. The van der Waals surface area contributed by atoms with Crippen molar-refractivity contribution in [2.24, 2.45) is 0 Å². The lowest BCUT2D eigenvalue weighted by atomic mass is 10.0. The summed E-state index contributed by atoms with van der Waals surface area (Å²) in [7, 11) is 3.48. The van der Waals surface area contributed by atoms with Gasteiger partial charge < -0.3 is 10.2 Å². The molecule has 2 aromatic carbocycles. The zero-order valence-corrected chi connectivity index (χ0v) is 14.7. The molecule has 1 N–H and O–H groups in total. The molecule has 0 aliphatic carbocycles. The second-order valence-electron chi connectivity index (χ2n) is 6.39. The minimum absolute atomic E-state index is 0.0528. The molecule has 0 saturated heterocycles. The topological polar surface area (TPSA) is 49.4 Å². The maximum Gasteiger partial charge on any atom is 0.255 e. The molecule has 0 aliphatic heterocycles. The van der Waals surface area contributed by atoms with Gasteiger partial charge in [0, 0.05) is 25.3 Å². The van der Waals surface area contributed by atoms with Gasteiger partial charge in [-0.3, -0.25) is 9.59 Å². The Labute approximate surface area is 143 Å². The van der Waals surface area contributed by atoms with Gasteiger partial charge in [0.05, 0.1) is 6.42 Å². The molecule has 0 radical (unpaired) electrons. The molecule has 0 aliphatic rings. The van der Waals surface area contributed by atoms with Crippen LogP contribution >= 0.6 is 0 Å². The van der Waals surface area contributed by atoms with Crippen LogP contribution in [0.3, 0.4) is 0 Å². The Morgan fingerprint density at radius 3 is 2.04 bits per heavy atom. The number of amides is 2. The molecule has 126 valence electrons. The maximum absolute atomic E-state index is 12.3. The van der Waals surface area contributed by atoms with E-state index in [1.807, 2.05) is 48.5 Å². The summed E-state index contributed by atoms with van der Waals surface area (Å²) in [6.45, 7) is 4.25. The first-order valence-corrected chi connectivity index (χ1v) is 8.07. The molecular formula is C20H24N2O2. The quantitative estimate of drug-likeness (QED) is 0.912. The summed E-state index contributed by atoms with van der Waals surface area (Å²) in [5.74, 6) is 0.360. The van der Waals surface area contributed by atoms with E-state index in [4.69, 9.17) is 0 Å². The Morgan fingerprint density at radius 1 is 0.958 bits per heavy atom. The van der Waals surface area contributed by atoms with Crippen molar-refractivity contribution in [1.29, 1.82) is 0 Å². The number of likely N-dealkylation sites (N-methyl/N-ethyl adjacent to an activating group) is 1. The van der Waals surface area contributed by atoms with Crippen LogP contribution in [-0.4, -0.2) is 30.8 Å². The number of carbonyl (C=O) groups excluding carboxylic acids is 2. The number of carbonyl (C=O) groups is 2. The highest BCUT2D eigenvalue weighted by Gasteiger charge is 2.08. The Bertz CT molecular complexity index is 701. The van der Waals surface area contributed by atoms with E-state index in [0.717, 1.165) is 5.56 Å². The lowest BCUT2D eigenvalue weighted by Gasteiger charge is -2.11. The van der Waals surface area contributed by atoms with Gasteiger partial charge in [0.2, 0.25) is 5.91 Å². The van der Waals surface area contributed by atoms with Gasteiger partial charge in [-0.1, -0.05) is 38.1 Å². The van der Waals surface area contributed by atoms with Crippen LogP contribution in [0.25, 0.3) is 0 Å². The van der Waals surface area contributed by atoms with Crippen LogP contribution in [0, 0.1) is 0 Å². The van der Waals surface area contributed by atoms with Gasteiger partial charge in [-0.25, -0.2) is 0 Å². The molecule has 0 fully saturated rings. The number of hydrogen-bond acceptors (Lipinski definition) is 2. The van der Waals surface area contributed by atoms with E-state index in [1.165, 1.54) is 5.56 Å². The summed E-state index contributed by atoms with van der Waals surface area (Å²) in [5, 5.41) is 2.88. The first-order valence-electron chi connectivity index (χ1n) is 8.07. The minimum atomic E-state index is -0.137. The molecule has 2 rings (SSSR count). The van der Waals surface area contributed by atoms with Crippen LogP contribution in [0.1, 0.15) is 41.3 Å². The largest absolute Gasteiger partial charge is 0.349 e. The third-order valence-corrected chi connectivity index (χ3v) is 3.91. The number of benzene rings is 2. The third kappa shape index (κ3) is 4.69. The molecule has 0 bridgehead atoms. The zero-order chi connectivity index (χ0) is 17.7. The number of anilines is 1. The van der Waals surface area contributed by atoms with Crippen molar-refractivity contribution < 1.29 is 9.59 Å². The average Bonchev–Trinajstić information content (AvgIpc) is 2.56. The first kappa shape index (κ1) is 17.7. The number of hydrogen-bond donors (Lipinski definition) is 1. The van der Waals surface area contributed by atoms with E-state index in [1.54, 1.807) is 19.0 Å². The van der Waals surface area contributed by atoms with Gasteiger partial charge in [-0.15, -0.1) is 0 Å². The summed E-state index contributed by atoms with van der Waals surface area (Å²) in [5.41, 5.74) is 3.48. The third-order valence-electron chi connectivity index (χ3n) is 3.91. The van der Waals surface area contributed by atoms with Crippen LogP contribution in [-0.2, 0) is 11.2 Å². The highest BCUT2D eigenvalue weighted by molar-refractivity contribution is 6.04. The van der Waals surface area contributed by atoms with Gasteiger partial charge in [-0.2, -0.15) is 0 Å². The van der Waals surface area contributed by atoms with Crippen LogP contribution in [0.15, 0.2) is 48.5 Å². The fourth-order valence-corrected chi connectivity index (χ4v) is 2.26. The second kappa shape index (κ2) is 7.77. The van der Waals surface area contributed by atoms with Crippen LogP contribution in [0.2, 0.25) is 0 Å². The molecular weight excluding hydrogens is 300 g/mol. The van der Waals surface area contributed by atoms with E-state index in [9.17, 15) is 9.59 Å². The Hall–Kier alpha value is -2.62. The molecule has 2 aromatic rings. The number of nitrogens with zero attached hydrogens (tertiary/aromatic N) is 1. The molecule has 0 atom stereocenters. The van der Waals surface area contributed by atoms with Crippen molar-refractivity contribution in [2.45, 2.75) is 26.2 Å². The highest BCUT2D eigenvalue weighted by atomic mass is 16.2. The van der Waals surface area contributed by atoms with Crippen molar-refractivity contribution in [2.75, 3.05) is 19.4 Å². The van der Waals surface area contributed by atoms with Crippen LogP contribution in [0.4, 0.5) is 5.69 Å². The zero-order valence-electron chi connectivity index (χ0n) is 14.7. The Morgan fingerprint density at radius 2 is 1.54 bits per heavy atom. The van der Waals surface area contributed by atoms with E-state index in [2.05, 4.69) is 19.2 Å². The van der Waals surface area contributed by atoms with E-state index < -0.39 is 0 Å². The van der Waals surface area contributed by atoms with Gasteiger partial charge in [0.1, 0.15) is 0 Å². The average molecular weight is 324 g/mol. The monoisotopic (exact) mass is 324 g/mol. The Balaban J connectivity index is 2.00. The summed E-state index contributed by atoms with van der Waals surface area (Å²) in [4.78, 5) is 25.5. The van der Waals surface area contributed by atoms with Gasteiger partial charge in [0.15, 0.2) is 0 Å². The molecule has 2 amide bonds. The molecule has 4 nitrogen and oxygen atoms in total. The minimum Gasteiger partial charge on any atom is -0.349 e. The smallest absolute Gasteiger partial charge is 0.255 e. The van der Waals surface area contributed by atoms with E-state index in [-0.39, 0.29) is 11.8 Å². The second-order valence-corrected chi connectivity index (χ2v) is 6.39. The van der Waals surface area contributed by atoms with Crippen molar-refractivity contribution in [3.8, 4) is 0 Å². The predicted octanol–water partition coefficient (Wildman–Crippen LogP) is 3.69. The predicted molar refractivity (Wildman–Crippen MR) is 97.3 cm³/mol. The Kier molecular flexibility index (Phi) is 5.74. The normalized spacial score (nSPS) is 10.5. The lowest BCUT2D eigenvalue weighted by Crippen LogP contribution is -2.23. The molecule has 0 saturated carbocycles. The first-order chi connectivity index (χ1) is 11.4. The molecule has 0 aromatic heterocycles. The van der Waals surface area contributed by atoms with E-state index in [0.29, 0.717) is 23.6 Å². The molecule has 0 unspecified atom stereocenters. The molecule has 4 heteroatoms. The summed E-state index contributed by atoms with van der Waals surface area (Å²) >= 11 is 0. The molecule has 0 spiro atoms. The SMILES string of the molecule is CC(C)c1ccc(C(=O)Nc2ccc(CC(=O)N(C)C)cc2)cc1. The summed E-state index contributed by atoms with van der Waals surface area (Å²) in [6, 6.07) is 15.0. The lowest BCUT2D eigenvalue weighted by molar-refractivity contribution is -0.127. The number of rotatable bonds is 5. The fraction of sp³-hybridized carbons (Fsp3) is 0.300. The van der Waals surface area contributed by atoms with Gasteiger partial charge in [0.25, 0.3) is 5.91 Å².